The molecule has 4 aliphatic heterocycles. The van der Waals surface area contributed by atoms with Gasteiger partial charge in [-0.15, -0.1) is 0 Å². The van der Waals surface area contributed by atoms with Crippen LogP contribution in [0.4, 0.5) is 0 Å². The molecule has 2 aromatic carbocycles. The first-order chi connectivity index (χ1) is 26.6. The summed E-state index contributed by atoms with van der Waals surface area (Å²) < 4.78 is 17.6. The van der Waals surface area contributed by atoms with Gasteiger partial charge in [0.05, 0.1) is 39.6 Å². The minimum absolute atomic E-state index is 0.0703. The van der Waals surface area contributed by atoms with Crippen LogP contribution in [-0.4, -0.2) is 115 Å². The topological polar surface area (TPSA) is 140 Å². The number of ether oxygens (including phenoxy) is 3. The third-order valence-electron chi connectivity index (χ3n) is 14.8. The maximum absolute atomic E-state index is 14.5. The van der Waals surface area contributed by atoms with Crippen LogP contribution in [0.3, 0.4) is 0 Å². The number of aliphatic hydroxyl groups excluding tert-OH is 2. The fourth-order valence-corrected chi connectivity index (χ4v) is 12.6. The maximum atomic E-state index is 14.5. The molecule has 3 saturated heterocycles. The van der Waals surface area contributed by atoms with Crippen molar-refractivity contribution in [2.24, 2.45) is 23.2 Å². The van der Waals surface area contributed by atoms with E-state index in [9.17, 15) is 19.8 Å². The first-order valence-electron chi connectivity index (χ1n) is 19.9. The summed E-state index contributed by atoms with van der Waals surface area (Å²) in [5.74, 6) is -0.426. The van der Waals surface area contributed by atoms with Gasteiger partial charge in [0.2, 0.25) is 0 Å². The van der Waals surface area contributed by atoms with Gasteiger partial charge in [-0.25, -0.2) is 0 Å². The largest absolute Gasteiger partial charge is 0.496 e. The van der Waals surface area contributed by atoms with Crippen LogP contribution in [0.2, 0.25) is 0 Å². The third kappa shape index (κ3) is 4.88. The SMILES string of the molecule is C/C=C1\CN(C)[C@H]2Cc3c([nH]c4ccccc34)[C@@H](c3c(OC)ccc4c5c([nH]c34)[C@]3(C(=O)OC)C[C@H]4C[C@H]([C@H](C)O)[C@@H]3N(CC5)C4)C[C@@H]1[C@]2(CO)C(=O)OC. The summed E-state index contributed by atoms with van der Waals surface area (Å²) in [5.41, 5.74) is 5.94. The highest BCUT2D eigenvalue weighted by molar-refractivity contribution is 5.95. The molecule has 4 aromatic rings. The van der Waals surface area contributed by atoms with Crippen molar-refractivity contribution in [2.75, 3.05) is 54.6 Å². The second-order valence-corrected chi connectivity index (χ2v) is 17.0. The van der Waals surface area contributed by atoms with Crippen LogP contribution in [0.5, 0.6) is 5.75 Å². The molecule has 6 bridgehead atoms. The maximum Gasteiger partial charge on any atom is 0.319 e. The average molecular weight is 751 g/mol. The number of aromatic amines is 2. The number of H-pyrrole nitrogens is 2. The number of carbonyl (C=O) groups excluding carboxylic acids is 2. The number of aliphatic hydroxyl groups is 2. The van der Waals surface area contributed by atoms with Crippen LogP contribution in [0, 0.1) is 23.2 Å². The minimum Gasteiger partial charge on any atom is -0.496 e. The fraction of sp³-hybridized carbons (Fsp3) is 0.545. The number of carbonyl (C=O) groups is 2. The van der Waals surface area contributed by atoms with E-state index in [1.54, 1.807) is 7.11 Å². The van der Waals surface area contributed by atoms with Crippen LogP contribution in [0.25, 0.3) is 21.8 Å². The molecule has 11 nitrogen and oxygen atoms in total. The van der Waals surface area contributed by atoms with Crippen LogP contribution < -0.4 is 4.74 Å². The Hall–Kier alpha value is -4.16. The number of piperidine rings is 3. The Labute approximate surface area is 322 Å². The zero-order valence-corrected chi connectivity index (χ0v) is 32.8. The Morgan fingerprint density at radius 3 is 2.53 bits per heavy atom. The zero-order chi connectivity index (χ0) is 38.6. The standard InChI is InChI=1S/C44H54N4O7/c1-7-25-21-47(3)35-18-30-26-10-8-9-11-33(26)45-37(30)31(17-32(25)44(35,22-49)42(52)55-6)36-34(53-4)13-12-27-28-14-15-48-20-24-16-29(23(2)50)40(48)43(19-24,41(51)54-5)39(28)46-38(27)36/h7-13,23-24,29,31-32,35,40,45-46,49-50H,14-22H2,1-6H3/b25-7+/t23-,24+,29+,31+,32-,35-,40-,43+,44-/m0/s1. The lowest BCUT2D eigenvalue weighted by Gasteiger charge is -2.58. The monoisotopic (exact) mass is 750 g/mol. The Balaban J connectivity index is 1.34. The summed E-state index contributed by atoms with van der Waals surface area (Å²) in [6.07, 6.45) is 4.85. The van der Waals surface area contributed by atoms with Crippen LogP contribution >= 0.6 is 0 Å². The highest BCUT2D eigenvalue weighted by Gasteiger charge is 2.64. The van der Waals surface area contributed by atoms with Crippen molar-refractivity contribution in [3.05, 3.63) is 76.1 Å². The smallest absolute Gasteiger partial charge is 0.319 e. The fourth-order valence-electron chi connectivity index (χ4n) is 12.6. The molecule has 4 fully saturated rings. The Bertz CT molecular complexity index is 2220. The molecule has 6 heterocycles. The normalized spacial score (nSPS) is 34.0. The number of likely N-dealkylation sites (N-methyl/N-ethyl adjacent to an activating group) is 1. The predicted octanol–water partition coefficient (Wildman–Crippen LogP) is 4.82. The Morgan fingerprint density at radius 2 is 1.82 bits per heavy atom. The molecule has 0 amide bonds. The summed E-state index contributed by atoms with van der Waals surface area (Å²) in [6.45, 7) is 5.88. The molecule has 2 aromatic heterocycles. The van der Waals surface area contributed by atoms with Gasteiger partial charge in [0.1, 0.15) is 16.6 Å². The van der Waals surface area contributed by atoms with E-state index < -0.39 is 22.9 Å². The highest BCUT2D eigenvalue weighted by atomic mass is 16.5. The van der Waals surface area contributed by atoms with Gasteiger partial charge in [-0.05, 0) is 88.2 Å². The lowest BCUT2D eigenvalue weighted by molar-refractivity contribution is -0.169. The number of allylic oxidation sites excluding steroid dienone is 1. The molecule has 55 heavy (non-hydrogen) atoms. The van der Waals surface area contributed by atoms with Gasteiger partial charge in [-0.3, -0.25) is 19.4 Å². The van der Waals surface area contributed by atoms with Gasteiger partial charge < -0.3 is 34.4 Å². The van der Waals surface area contributed by atoms with E-state index in [4.69, 9.17) is 14.2 Å². The predicted molar refractivity (Wildman–Crippen MR) is 209 cm³/mol. The number of nitrogens with one attached hydrogen (secondary N) is 2. The molecule has 4 N–H and O–H groups in total. The van der Waals surface area contributed by atoms with Crippen molar-refractivity contribution in [1.29, 1.82) is 0 Å². The second-order valence-electron chi connectivity index (χ2n) is 17.0. The molecule has 292 valence electrons. The van der Waals surface area contributed by atoms with Gasteiger partial charge in [0.25, 0.3) is 0 Å². The van der Waals surface area contributed by atoms with Crippen LogP contribution in [0.1, 0.15) is 67.1 Å². The average Bonchev–Trinajstić information content (AvgIpc) is 3.73. The van der Waals surface area contributed by atoms with Crippen molar-refractivity contribution >= 4 is 33.7 Å². The van der Waals surface area contributed by atoms with Crippen molar-refractivity contribution in [3.8, 4) is 5.75 Å². The van der Waals surface area contributed by atoms with E-state index in [-0.39, 0.29) is 48.3 Å². The molecule has 0 radical (unpaired) electrons. The van der Waals surface area contributed by atoms with Crippen LogP contribution in [0.15, 0.2) is 48.0 Å². The number of methoxy groups -OCH3 is 3. The second kappa shape index (κ2) is 13.2. The first-order valence-corrected chi connectivity index (χ1v) is 19.9. The number of esters is 2. The minimum atomic E-state index is -1.22. The van der Waals surface area contributed by atoms with Crippen molar-refractivity contribution in [2.45, 2.75) is 75.5 Å². The lowest BCUT2D eigenvalue weighted by Crippen LogP contribution is -2.68. The molecule has 1 unspecified atom stereocenters. The van der Waals surface area contributed by atoms with Crippen molar-refractivity contribution in [3.63, 3.8) is 0 Å². The van der Waals surface area contributed by atoms with Crippen molar-refractivity contribution in [1.82, 2.24) is 19.8 Å². The number of fused-ring (bicyclic) bond motifs is 9. The number of aromatic nitrogens is 2. The number of likely N-dealkylation sites (tertiary alicyclic amines) is 1. The molecule has 10 rings (SSSR count). The number of benzene rings is 2. The van der Waals surface area contributed by atoms with E-state index in [1.807, 2.05) is 39.1 Å². The van der Waals surface area contributed by atoms with Gasteiger partial charge in [-0.1, -0.05) is 29.8 Å². The van der Waals surface area contributed by atoms with E-state index in [0.717, 1.165) is 81.4 Å². The Kier molecular flexibility index (Phi) is 8.77. The number of nitrogens with zero attached hydrogens (tertiary/aromatic N) is 2. The van der Waals surface area contributed by atoms with E-state index in [1.165, 1.54) is 14.2 Å². The summed E-state index contributed by atoms with van der Waals surface area (Å²) in [7, 11) is 6.65. The molecule has 6 aliphatic rings. The molecule has 0 spiro atoms. The number of rotatable bonds is 6. The molecular weight excluding hydrogens is 697 g/mol. The van der Waals surface area contributed by atoms with Gasteiger partial charge in [0.15, 0.2) is 0 Å². The Morgan fingerprint density at radius 1 is 1.04 bits per heavy atom. The number of hydrogen-bond acceptors (Lipinski definition) is 9. The molecule has 11 heteroatoms. The molecule has 1 saturated carbocycles. The molecule has 10 atom stereocenters. The molecular formula is C44H54N4O7. The van der Waals surface area contributed by atoms with E-state index in [0.29, 0.717) is 31.6 Å². The zero-order valence-electron chi connectivity index (χ0n) is 32.8. The van der Waals surface area contributed by atoms with Gasteiger partial charge >= 0.3 is 11.9 Å². The summed E-state index contributed by atoms with van der Waals surface area (Å²) in [5, 5.41) is 24.8. The highest BCUT2D eigenvalue weighted by Crippen LogP contribution is 2.58. The quantitative estimate of drug-likeness (QED) is 0.161. The first kappa shape index (κ1) is 36.5. The molecule has 2 aliphatic carbocycles. The summed E-state index contributed by atoms with van der Waals surface area (Å²) >= 11 is 0. The third-order valence-corrected chi connectivity index (χ3v) is 14.8. The number of para-hydroxylation sites is 1. The summed E-state index contributed by atoms with van der Waals surface area (Å²) in [6, 6.07) is 12.0. The van der Waals surface area contributed by atoms with Crippen LogP contribution in [-0.2, 0) is 37.3 Å². The van der Waals surface area contributed by atoms with Gasteiger partial charge in [0, 0.05) is 82.7 Å². The van der Waals surface area contributed by atoms with Gasteiger partial charge in [-0.2, -0.15) is 0 Å². The lowest BCUT2D eigenvalue weighted by atomic mass is 9.56. The summed E-state index contributed by atoms with van der Waals surface area (Å²) in [4.78, 5) is 41.2. The van der Waals surface area contributed by atoms with E-state index in [2.05, 4.69) is 44.0 Å². The van der Waals surface area contributed by atoms with Crippen molar-refractivity contribution < 1.29 is 34.0 Å². The van der Waals surface area contributed by atoms with E-state index >= 15 is 0 Å². The number of hydrogen-bond donors (Lipinski definition) is 4.